The summed E-state index contributed by atoms with van der Waals surface area (Å²) >= 11 is 0. The molecule has 0 spiro atoms. The third kappa shape index (κ3) is 3.32. The van der Waals surface area contributed by atoms with E-state index in [1.165, 1.54) is 5.56 Å². The van der Waals surface area contributed by atoms with Gasteiger partial charge in [0, 0.05) is 37.5 Å². The molecule has 2 N–H and O–H groups in total. The minimum Gasteiger partial charge on any atom is -0.387 e. The summed E-state index contributed by atoms with van der Waals surface area (Å²) in [5.41, 5.74) is 4.28. The third-order valence-corrected chi connectivity index (χ3v) is 4.70. The maximum Gasteiger partial charge on any atom is 0.101 e. The second kappa shape index (κ2) is 6.83. The number of aliphatic hydroxyl groups excluding tert-OH is 1. The number of hydrogen-bond donors (Lipinski definition) is 2. The lowest BCUT2D eigenvalue weighted by molar-refractivity contribution is 0.0925. The van der Waals surface area contributed by atoms with Gasteiger partial charge in [0.25, 0.3) is 0 Å². The van der Waals surface area contributed by atoms with Crippen LogP contribution in [0.4, 0.5) is 0 Å². The maximum atomic E-state index is 10.3. The second-order valence-corrected chi connectivity index (χ2v) is 6.23. The number of ether oxygens (including phenoxy) is 1. The molecule has 1 aromatic heterocycles. The average Bonchev–Trinajstić information content (AvgIpc) is 3.10. The molecule has 5 nitrogen and oxygen atoms in total. The molecule has 124 valence electrons. The van der Waals surface area contributed by atoms with E-state index in [9.17, 15) is 5.11 Å². The largest absolute Gasteiger partial charge is 0.387 e. The molecule has 0 aliphatic carbocycles. The summed E-state index contributed by atoms with van der Waals surface area (Å²) in [5.74, 6) is 0. The highest BCUT2D eigenvalue weighted by atomic mass is 16.5. The Morgan fingerprint density at radius 1 is 1.35 bits per heavy atom. The van der Waals surface area contributed by atoms with Crippen molar-refractivity contribution in [3.05, 3.63) is 52.8 Å². The second-order valence-electron chi connectivity index (χ2n) is 6.23. The van der Waals surface area contributed by atoms with Gasteiger partial charge in [-0.05, 0) is 25.8 Å². The molecular weight excluding hydrogens is 290 g/mol. The van der Waals surface area contributed by atoms with E-state index in [0.29, 0.717) is 6.54 Å². The molecule has 3 atom stereocenters. The molecule has 0 amide bonds. The lowest BCUT2D eigenvalue weighted by Gasteiger charge is -2.22. The fourth-order valence-corrected chi connectivity index (χ4v) is 3.34. The molecule has 5 heteroatoms. The molecule has 1 unspecified atom stereocenters. The molecule has 23 heavy (non-hydrogen) atoms. The zero-order valence-electron chi connectivity index (χ0n) is 14.0. The van der Waals surface area contributed by atoms with Gasteiger partial charge in [0.2, 0.25) is 0 Å². The topological polar surface area (TPSA) is 59.3 Å². The monoisotopic (exact) mass is 315 g/mol. The summed E-state index contributed by atoms with van der Waals surface area (Å²) in [4.78, 5) is 0. The van der Waals surface area contributed by atoms with Crippen molar-refractivity contribution in [2.24, 2.45) is 7.05 Å². The third-order valence-electron chi connectivity index (χ3n) is 4.70. The van der Waals surface area contributed by atoms with Crippen LogP contribution in [-0.2, 0) is 11.8 Å². The molecule has 3 rings (SSSR count). The highest BCUT2D eigenvalue weighted by Crippen LogP contribution is 2.33. The number of nitrogens with zero attached hydrogens (tertiary/aromatic N) is 2. The van der Waals surface area contributed by atoms with Crippen molar-refractivity contribution in [2.45, 2.75) is 38.5 Å². The van der Waals surface area contributed by atoms with Crippen LogP contribution in [0.15, 0.2) is 30.3 Å². The number of aryl methyl sites for hydroxylation is 2. The van der Waals surface area contributed by atoms with Gasteiger partial charge >= 0.3 is 0 Å². The quantitative estimate of drug-likeness (QED) is 0.888. The van der Waals surface area contributed by atoms with Gasteiger partial charge in [-0.2, -0.15) is 5.10 Å². The molecule has 1 aliphatic rings. The maximum absolute atomic E-state index is 10.3. The summed E-state index contributed by atoms with van der Waals surface area (Å²) in [5, 5.41) is 18.3. The Hall–Kier alpha value is -1.69. The van der Waals surface area contributed by atoms with E-state index in [1.54, 1.807) is 0 Å². The predicted molar refractivity (Wildman–Crippen MR) is 89.2 cm³/mol. The van der Waals surface area contributed by atoms with Gasteiger partial charge in [-0.3, -0.25) is 4.68 Å². The van der Waals surface area contributed by atoms with Crippen LogP contribution in [0.5, 0.6) is 0 Å². The van der Waals surface area contributed by atoms with Crippen LogP contribution in [0.25, 0.3) is 0 Å². The van der Waals surface area contributed by atoms with Crippen LogP contribution in [-0.4, -0.2) is 34.1 Å². The minimum atomic E-state index is -0.506. The molecular formula is C18H25N3O2. The van der Waals surface area contributed by atoms with E-state index >= 15 is 0 Å². The van der Waals surface area contributed by atoms with Gasteiger partial charge in [0.05, 0.1) is 11.8 Å². The fraction of sp³-hybridized carbons (Fsp3) is 0.500. The van der Waals surface area contributed by atoms with Crippen molar-refractivity contribution >= 4 is 0 Å². The van der Waals surface area contributed by atoms with E-state index in [2.05, 4.69) is 17.3 Å². The summed E-state index contributed by atoms with van der Waals surface area (Å²) in [6.07, 6.45) is 0.445. The van der Waals surface area contributed by atoms with E-state index in [0.717, 1.165) is 30.0 Å². The first-order valence-corrected chi connectivity index (χ1v) is 8.16. The number of aliphatic hydroxyl groups is 1. The smallest absolute Gasteiger partial charge is 0.101 e. The molecule has 0 saturated carbocycles. The fourth-order valence-electron chi connectivity index (χ4n) is 3.34. The van der Waals surface area contributed by atoms with Crippen LogP contribution in [0, 0.1) is 13.8 Å². The Kier molecular flexibility index (Phi) is 4.80. The number of hydrogen-bond acceptors (Lipinski definition) is 4. The summed E-state index contributed by atoms with van der Waals surface area (Å²) in [7, 11) is 1.96. The van der Waals surface area contributed by atoms with Crippen molar-refractivity contribution < 1.29 is 9.84 Å². The summed E-state index contributed by atoms with van der Waals surface area (Å²) in [6.45, 7) is 5.36. The van der Waals surface area contributed by atoms with Crippen LogP contribution in [0.2, 0.25) is 0 Å². The zero-order chi connectivity index (χ0) is 16.4. The predicted octanol–water partition coefficient (Wildman–Crippen LogP) is 2.19. The van der Waals surface area contributed by atoms with Crippen LogP contribution in [0.3, 0.4) is 0 Å². The average molecular weight is 315 g/mol. The molecule has 2 heterocycles. The number of aromatic nitrogens is 2. The molecule has 1 saturated heterocycles. The normalized spacial score (nSPS) is 22.4. The van der Waals surface area contributed by atoms with Crippen LogP contribution < -0.4 is 5.32 Å². The van der Waals surface area contributed by atoms with Gasteiger partial charge in [-0.15, -0.1) is 0 Å². The van der Waals surface area contributed by atoms with Gasteiger partial charge in [0.15, 0.2) is 0 Å². The van der Waals surface area contributed by atoms with E-state index < -0.39 is 6.10 Å². The molecule has 0 bridgehead atoms. The van der Waals surface area contributed by atoms with Crippen molar-refractivity contribution in [3.63, 3.8) is 0 Å². The van der Waals surface area contributed by atoms with Crippen molar-refractivity contribution in [1.29, 1.82) is 0 Å². The van der Waals surface area contributed by atoms with Crippen molar-refractivity contribution in [2.75, 3.05) is 13.2 Å². The highest BCUT2D eigenvalue weighted by Gasteiger charge is 2.33. The number of benzene rings is 1. The Bertz CT molecular complexity index is 654. The SMILES string of the molecule is Cc1nn(C)c(C)c1[C@H]1OCC[C@@H]1NCC(O)c1ccccc1. The first-order valence-electron chi connectivity index (χ1n) is 8.16. The lowest BCUT2D eigenvalue weighted by atomic mass is 10.00. The molecule has 1 fully saturated rings. The Morgan fingerprint density at radius 2 is 2.09 bits per heavy atom. The van der Waals surface area contributed by atoms with E-state index in [1.807, 2.05) is 49.0 Å². The molecule has 0 radical (unpaired) electrons. The van der Waals surface area contributed by atoms with Crippen molar-refractivity contribution in [1.82, 2.24) is 15.1 Å². The summed E-state index contributed by atoms with van der Waals surface area (Å²) < 4.78 is 7.87. The lowest BCUT2D eigenvalue weighted by Crippen LogP contribution is -2.35. The van der Waals surface area contributed by atoms with Gasteiger partial charge in [-0.1, -0.05) is 30.3 Å². The molecule has 2 aromatic rings. The number of nitrogens with one attached hydrogen (secondary N) is 1. The van der Waals surface area contributed by atoms with Crippen LogP contribution >= 0.6 is 0 Å². The van der Waals surface area contributed by atoms with Gasteiger partial charge in [-0.25, -0.2) is 0 Å². The Balaban J connectivity index is 1.68. The minimum absolute atomic E-state index is 0.00618. The number of rotatable bonds is 5. The zero-order valence-corrected chi connectivity index (χ0v) is 14.0. The first-order chi connectivity index (χ1) is 11.1. The Labute approximate surface area is 137 Å². The van der Waals surface area contributed by atoms with E-state index in [-0.39, 0.29) is 12.1 Å². The standard InChI is InChI=1S/C18H25N3O2/c1-12-17(13(2)21(3)20-12)18-15(9-10-23-18)19-11-16(22)14-7-5-4-6-8-14/h4-8,15-16,18-19,22H,9-11H2,1-3H3/t15-,16?,18-/m0/s1. The Morgan fingerprint density at radius 3 is 2.74 bits per heavy atom. The van der Waals surface area contributed by atoms with Gasteiger partial charge < -0.3 is 15.2 Å². The van der Waals surface area contributed by atoms with Gasteiger partial charge in [0.1, 0.15) is 6.10 Å². The first kappa shape index (κ1) is 16.2. The van der Waals surface area contributed by atoms with E-state index in [4.69, 9.17) is 4.74 Å². The molecule has 1 aromatic carbocycles. The molecule has 1 aliphatic heterocycles. The summed E-state index contributed by atoms with van der Waals surface area (Å²) in [6, 6.07) is 9.95. The van der Waals surface area contributed by atoms with Crippen LogP contribution in [0.1, 0.15) is 41.1 Å². The van der Waals surface area contributed by atoms with Crippen molar-refractivity contribution in [3.8, 4) is 0 Å². The highest BCUT2D eigenvalue weighted by molar-refractivity contribution is 5.29.